The van der Waals surface area contributed by atoms with E-state index in [4.69, 9.17) is 0 Å². The lowest BCUT2D eigenvalue weighted by Crippen LogP contribution is -2.50. The van der Waals surface area contributed by atoms with Gasteiger partial charge in [0.15, 0.2) is 0 Å². The number of nitrogens with one attached hydrogen (secondary N) is 2. The predicted molar refractivity (Wildman–Crippen MR) is 93.6 cm³/mol. The fraction of sp³-hybridized carbons (Fsp3) is 0.944. The average Bonchev–Trinajstić information content (AvgIpc) is 3.25. The van der Waals surface area contributed by atoms with Crippen molar-refractivity contribution in [3.8, 4) is 0 Å². The molecule has 3 aliphatic rings. The zero-order valence-electron chi connectivity index (χ0n) is 14.9. The van der Waals surface area contributed by atoms with Gasteiger partial charge in [-0.1, -0.05) is 0 Å². The number of hydrogen-bond acceptors (Lipinski definition) is 3. The number of rotatable bonds is 6. The first-order valence-electron chi connectivity index (χ1n) is 9.55. The maximum Gasteiger partial charge on any atom is 0.315 e. The zero-order valence-corrected chi connectivity index (χ0v) is 14.9. The van der Waals surface area contributed by atoms with Crippen molar-refractivity contribution in [2.24, 2.45) is 5.92 Å². The highest BCUT2D eigenvalue weighted by Gasteiger charge is 2.31. The Morgan fingerprint density at radius 3 is 2.48 bits per heavy atom. The smallest absolute Gasteiger partial charge is 0.315 e. The van der Waals surface area contributed by atoms with Gasteiger partial charge in [-0.3, -0.25) is 4.90 Å². The van der Waals surface area contributed by atoms with Gasteiger partial charge in [0.25, 0.3) is 0 Å². The molecule has 2 N–H and O–H groups in total. The molecule has 3 rings (SSSR count). The van der Waals surface area contributed by atoms with Crippen LogP contribution in [-0.2, 0) is 0 Å². The lowest BCUT2D eigenvalue weighted by molar-refractivity contribution is 0.172. The highest BCUT2D eigenvalue weighted by atomic mass is 16.2. The first kappa shape index (κ1) is 17.0. The van der Waals surface area contributed by atoms with E-state index in [1.54, 1.807) is 0 Å². The summed E-state index contributed by atoms with van der Waals surface area (Å²) in [5.74, 6) is 0.970. The van der Waals surface area contributed by atoms with E-state index in [2.05, 4.69) is 34.3 Å². The van der Waals surface area contributed by atoms with Gasteiger partial charge in [-0.05, 0) is 64.8 Å². The summed E-state index contributed by atoms with van der Waals surface area (Å²) in [6, 6.07) is 0.372. The second-order valence-electron chi connectivity index (χ2n) is 8.32. The van der Waals surface area contributed by atoms with Gasteiger partial charge in [0.2, 0.25) is 0 Å². The minimum absolute atomic E-state index is 0.0163. The number of amides is 2. The van der Waals surface area contributed by atoms with Crippen molar-refractivity contribution in [1.29, 1.82) is 0 Å². The molecule has 2 aliphatic heterocycles. The van der Waals surface area contributed by atoms with Gasteiger partial charge in [-0.25, -0.2) is 4.79 Å². The molecule has 0 bridgehead atoms. The molecule has 2 saturated heterocycles. The van der Waals surface area contributed by atoms with Crippen LogP contribution in [-0.4, -0.2) is 66.7 Å². The van der Waals surface area contributed by atoms with Crippen LogP contribution in [0.25, 0.3) is 0 Å². The van der Waals surface area contributed by atoms with Crippen molar-refractivity contribution < 1.29 is 4.79 Å². The molecule has 2 heterocycles. The molecule has 132 valence electrons. The second kappa shape index (κ2) is 7.39. The van der Waals surface area contributed by atoms with Gasteiger partial charge in [-0.15, -0.1) is 0 Å². The molecule has 0 atom stereocenters. The Balaban J connectivity index is 1.27. The Bertz CT molecular complexity index is 400. The molecule has 0 aromatic heterocycles. The lowest BCUT2D eigenvalue weighted by Gasteiger charge is -2.33. The Labute approximate surface area is 141 Å². The maximum atomic E-state index is 12.1. The van der Waals surface area contributed by atoms with E-state index in [1.807, 2.05) is 0 Å². The minimum atomic E-state index is 0.0163. The molecular formula is C18H34N4O. The molecule has 0 spiro atoms. The van der Waals surface area contributed by atoms with Crippen molar-refractivity contribution in [2.75, 3.05) is 39.3 Å². The lowest BCUT2D eigenvalue weighted by atomic mass is 10.0. The van der Waals surface area contributed by atoms with Crippen LogP contribution in [0.1, 0.15) is 52.4 Å². The number of nitrogens with zero attached hydrogens (tertiary/aromatic N) is 2. The number of carbonyl (C=O) groups is 1. The van der Waals surface area contributed by atoms with Gasteiger partial charge in [0.05, 0.1) is 0 Å². The van der Waals surface area contributed by atoms with Crippen LogP contribution in [0.5, 0.6) is 0 Å². The third-order valence-corrected chi connectivity index (χ3v) is 5.88. The molecule has 3 fully saturated rings. The van der Waals surface area contributed by atoms with E-state index >= 15 is 0 Å². The van der Waals surface area contributed by atoms with E-state index < -0.39 is 0 Å². The molecular weight excluding hydrogens is 288 g/mol. The minimum Gasteiger partial charge on any atom is -0.337 e. The van der Waals surface area contributed by atoms with Gasteiger partial charge >= 0.3 is 6.03 Å². The van der Waals surface area contributed by atoms with Gasteiger partial charge in [-0.2, -0.15) is 0 Å². The highest BCUT2D eigenvalue weighted by Crippen LogP contribution is 2.30. The van der Waals surface area contributed by atoms with Crippen LogP contribution in [0.2, 0.25) is 0 Å². The second-order valence-corrected chi connectivity index (χ2v) is 8.32. The molecule has 0 aromatic carbocycles. The summed E-state index contributed by atoms with van der Waals surface area (Å²) in [4.78, 5) is 17.1. The van der Waals surface area contributed by atoms with Crippen LogP contribution < -0.4 is 10.6 Å². The summed E-state index contributed by atoms with van der Waals surface area (Å²) >= 11 is 0. The van der Waals surface area contributed by atoms with E-state index in [0.29, 0.717) is 11.6 Å². The summed E-state index contributed by atoms with van der Waals surface area (Å²) in [6.45, 7) is 11.0. The average molecular weight is 322 g/mol. The van der Waals surface area contributed by atoms with Gasteiger partial charge in [0.1, 0.15) is 0 Å². The highest BCUT2D eigenvalue weighted by molar-refractivity contribution is 5.74. The standard InChI is InChI=1S/C18H34N4O/c1-18(2)8-3-10-22(18)13-9-19-17(23)20-16-6-11-21(12-7-16)14-15-4-5-15/h15-16H,3-14H2,1-2H3,(H2,19,20,23). The number of likely N-dealkylation sites (tertiary alicyclic amines) is 2. The van der Waals surface area contributed by atoms with E-state index in [9.17, 15) is 4.79 Å². The molecule has 5 heteroatoms. The summed E-state index contributed by atoms with van der Waals surface area (Å²) in [5.41, 5.74) is 0.298. The van der Waals surface area contributed by atoms with Gasteiger partial charge < -0.3 is 15.5 Å². The van der Waals surface area contributed by atoms with Crippen LogP contribution in [0.15, 0.2) is 0 Å². The fourth-order valence-electron chi connectivity index (χ4n) is 4.04. The maximum absolute atomic E-state index is 12.1. The molecule has 23 heavy (non-hydrogen) atoms. The number of urea groups is 1. The van der Waals surface area contributed by atoms with E-state index in [1.165, 1.54) is 32.2 Å². The van der Waals surface area contributed by atoms with Crippen molar-refractivity contribution in [2.45, 2.75) is 64.0 Å². The van der Waals surface area contributed by atoms with Gasteiger partial charge in [0, 0.05) is 44.3 Å². The largest absolute Gasteiger partial charge is 0.337 e. The summed E-state index contributed by atoms with van der Waals surface area (Å²) < 4.78 is 0. The predicted octanol–water partition coefficient (Wildman–Crippen LogP) is 2.03. The molecule has 5 nitrogen and oxygen atoms in total. The Hall–Kier alpha value is -0.810. The SMILES string of the molecule is CC1(C)CCCN1CCNC(=O)NC1CCN(CC2CC2)CC1. The Morgan fingerprint density at radius 2 is 1.87 bits per heavy atom. The van der Waals surface area contributed by atoms with E-state index in [-0.39, 0.29) is 6.03 Å². The monoisotopic (exact) mass is 322 g/mol. The summed E-state index contributed by atoms with van der Waals surface area (Å²) in [7, 11) is 0. The number of piperidine rings is 1. The molecule has 0 unspecified atom stereocenters. The molecule has 0 aromatic rings. The van der Waals surface area contributed by atoms with Crippen LogP contribution in [0, 0.1) is 5.92 Å². The summed E-state index contributed by atoms with van der Waals surface area (Å²) in [5, 5.41) is 6.20. The molecule has 2 amide bonds. The Kier molecular flexibility index (Phi) is 5.47. The topological polar surface area (TPSA) is 47.6 Å². The van der Waals surface area contributed by atoms with Crippen LogP contribution in [0.3, 0.4) is 0 Å². The van der Waals surface area contributed by atoms with Crippen molar-refractivity contribution in [3.63, 3.8) is 0 Å². The van der Waals surface area contributed by atoms with Crippen molar-refractivity contribution >= 4 is 6.03 Å². The number of hydrogen-bond donors (Lipinski definition) is 2. The normalized spacial score (nSPS) is 26.3. The van der Waals surface area contributed by atoms with Crippen molar-refractivity contribution in [3.05, 3.63) is 0 Å². The zero-order chi connectivity index (χ0) is 16.3. The summed E-state index contributed by atoms with van der Waals surface area (Å²) in [6.07, 6.45) is 7.58. The molecule has 0 radical (unpaired) electrons. The quantitative estimate of drug-likeness (QED) is 0.787. The van der Waals surface area contributed by atoms with Crippen LogP contribution >= 0.6 is 0 Å². The fourth-order valence-corrected chi connectivity index (χ4v) is 4.04. The van der Waals surface area contributed by atoms with Crippen molar-refractivity contribution in [1.82, 2.24) is 20.4 Å². The molecule has 1 saturated carbocycles. The first-order chi connectivity index (χ1) is 11.0. The Morgan fingerprint density at radius 1 is 1.13 bits per heavy atom. The van der Waals surface area contributed by atoms with E-state index in [0.717, 1.165) is 51.5 Å². The first-order valence-corrected chi connectivity index (χ1v) is 9.55. The third-order valence-electron chi connectivity index (χ3n) is 5.88. The third kappa shape index (κ3) is 5.08. The molecule has 1 aliphatic carbocycles. The number of carbonyl (C=O) groups excluding carboxylic acids is 1. The van der Waals surface area contributed by atoms with Crippen LogP contribution in [0.4, 0.5) is 4.79 Å².